The van der Waals surface area contributed by atoms with Gasteiger partial charge in [-0.25, -0.2) is 0 Å². The van der Waals surface area contributed by atoms with E-state index in [4.69, 9.17) is 0 Å². The van der Waals surface area contributed by atoms with E-state index in [0.717, 1.165) is 22.6 Å². The molecule has 82 heavy (non-hydrogen) atoms. The van der Waals surface area contributed by atoms with E-state index >= 15 is 0 Å². The molecule has 1 nitrogen and oxygen atoms in total. The van der Waals surface area contributed by atoms with Crippen LogP contribution in [-0.2, 0) is 0 Å². The molecule has 0 atom stereocenters. The molecule has 0 saturated heterocycles. The molecule has 388 valence electrons. The number of hydrogen-bond donors (Lipinski definition) is 0. The van der Waals surface area contributed by atoms with Crippen LogP contribution in [0.1, 0.15) is 6.92 Å². The first-order valence-electron chi connectivity index (χ1n) is 28.2. The van der Waals surface area contributed by atoms with Gasteiger partial charge in [-0.3, -0.25) is 0 Å². The number of allylic oxidation sites excluding steroid dienone is 3. The molecule has 0 bridgehead atoms. The zero-order chi connectivity index (χ0) is 55.2. The lowest BCUT2D eigenvalue weighted by molar-refractivity contribution is 1.28. The zero-order valence-electron chi connectivity index (χ0n) is 45.8. The fourth-order valence-corrected chi connectivity index (χ4v) is 11.5. The highest BCUT2D eigenvalue weighted by atomic mass is 15.1. The topological polar surface area (TPSA) is 3.24 Å². The number of anilines is 3. The highest BCUT2D eigenvalue weighted by Crippen LogP contribution is 2.41. The predicted molar refractivity (Wildman–Crippen MR) is 354 cm³/mol. The van der Waals surface area contributed by atoms with Crippen molar-refractivity contribution in [3.8, 4) is 77.9 Å². The second kappa shape index (κ2) is 23.0. The maximum atomic E-state index is 3.46. The Labute approximate surface area is 481 Å². The molecule has 14 aromatic rings. The summed E-state index contributed by atoms with van der Waals surface area (Å²) >= 11 is 0. The van der Waals surface area contributed by atoms with Crippen molar-refractivity contribution >= 4 is 60.2 Å². The Morgan fingerprint density at radius 1 is 0.232 bits per heavy atom. The highest BCUT2D eigenvalue weighted by Gasteiger charge is 2.16. The molecule has 0 fully saturated rings. The largest absolute Gasteiger partial charge is 0.311 e. The molecule has 0 N–H and O–H groups in total. The second-order valence-electron chi connectivity index (χ2n) is 20.9. The number of rotatable bonds is 11. The van der Waals surface area contributed by atoms with Gasteiger partial charge in [0.25, 0.3) is 0 Å². The molecule has 0 amide bonds. The number of nitrogens with zero attached hydrogens (tertiary/aromatic N) is 1. The molecule has 1 heteroatoms. The summed E-state index contributed by atoms with van der Waals surface area (Å²) in [6, 6.07) is 113. The minimum Gasteiger partial charge on any atom is -0.311 e. The summed E-state index contributed by atoms with van der Waals surface area (Å²) in [4.78, 5) is 2.37. The van der Waals surface area contributed by atoms with Crippen molar-refractivity contribution in [3.63, 3.8) is 0 Å². The monoisotopic (exact) mass is 1050 g/mol. The summed E-state index contributed by atoms with van der Waals surface area (Å²) in [5.74, 6) is 0. The molecular weight excluding hydrogens is 987 g/mol. The summed E-state index contributed by atoms with van der Waals surface area (Å²) < 4.78 is 0. The highest BCUT2D eigenvalue weighted by molar-refractivity contribution is 6.09. The van der Waals surface area contributed by atoms with Gasteiger partial charge in [0, 0.05) is 17.1 Å². The van der Waals surface area contributed by atoms with E-state index in [1.54, 1.807) is 6.08 Å². The first-order valence-corrected chi connectivity index (χ1v) is 28.2. The van der Waals surface area contributed by atoms with Gasteiger partial charge in [0.05, 0.1) is 0 Å². The number of fused-ring (bicyclic) bond motifs is 6. The first-order chi connectivity index (χ1) is 40.5. The number of benzene rings is 14. The van der Waals surface area contributed by atoms with Crippen molar-refractivity contribution in [2.75, 3.05) is 4.90 Å². The smallest absolute Gasteiger partial charge is 0.0462 e. The average Bonchev–Trinajstić information content (AvgIpc) is 3.61. The lowest BCUT2D eigenvalue weighted by Crippen LogP contribution is -2.09. The fraction of sp³-hybridized carbons (Fsp3) is 0.0123. The normalized spacial score (nSPS) is 11.2. The van der Waals surface area contributed by atoms with Crippen LogP contribution in [0.15, 0.2) is 334 Å². The molecule has 0 radical (unpaired) electrons. The predicted octanol–water partition coefficient (Wildman–Crippen LogP) is 23.2. The third-order valence-electron chi connectivity index (χ3n) is 15.7. The minimum atomic E-state index is 1.08. The van der Waals surface area contributed by atoms with Gasteiger partial charge in [-0.1, -0.05) is 255 Å². The Morgan fingerprint density at radius 2 is 0.512 bits per heavy atom. The van der Waals surface area contributed by atoms with Crippen molar-refractivity contribution in [1.82, 2.24) is 0 Å². The molecule has 0 aliphatic heterocycles. The Kier molecular flexibility index (Phi) is 14.3. The molecule has 0 aliphatic carbocycles. The van der Waals surface area contributed by atoms with Gasteiger partial charge < -0.3 is 4.90 Å². The third kappa shape index (κ3) is 10.6. The van der Waals surface area contributed by atoms with Gasteiger partial charge in [0.2, 0.25) is 0 Å². The van der Waals surface area contributed by atoms with E-state index in [2.05, 4.69) is 321 Å². The van der Waals surface area contributed by atoms with Gasteiger partial charge >= 0.3 is 0 Å². The Morgan fingerprint density at radius 3 is 0.890 bits per heavy atom. The second-order valence-corrected chi connectivity index (χ2v) is 20.9. The van der Waals surface area contributed by atoms with Crippen molar-refractivity contribution in [3.05, 3.63) is 334 Å². The van der Waals surface area contributed by atoms with Crippen LogP contribution in [0.2, 0.25) is 0 Å². The standard InChI is InChI=1S/C76H51N.C5H8/c1-3-13-52(14-4-1)67-49-68(53-15-5-2-6-16-53)51-69(50-67)56-33-41-72(42-34-56)77(70-37-29-54(30-38-70)59-19-11-21-61(45-59)63-35-43-75-65(47-63)27-25-57-17-7-9-23-73(57)75)71-39-31-55(32-40-71)60-20-12-22-62(46-60)64-36-44-76-66(48-64)28-26-58-18-8-10-24-74(58)76;1-3-5-4-2/h1-51H;3-5H,1H2,2H3/b;5-4-. The molecule has 0 heterocycles. The summed E-state index contributed by atoms with van der Waals surface area (Å²) in [6.45, 7) is 5.42. The van der Waals surface area contributed by atoms with Gasteiger partial charge in [-0.2, -0.15) is 0 Å². The minimum absolute atomic E-state index is 1.08. The zero-order valence-corrected chi connectivity index (χ0v) is 45.8. The van der Waals surface area contributed by atoms with Crippen molar-refractivity contribution in [2.24, 2.45) is 0 Å². The molecule has 0 aliphatic rings. The maximum Gasteiger partial charge on any atom is 0.0462 e. The third-order valence-corrected chi connectivity index (χ3v) is 15.7. The number of hydrogen-bond acceptors (Lipinski definition) is 1. The SMILES string of the molecule is C=C/C=C\C.c1ccc(-c2cc(-c3ccccc3)cc(-c3ccc(N(c4ccc(-c5cccc(-c6ccc7c(ccc8ccccc87)c6)c5)cc4)c4ccc(-c5cccc(-c6ccc7c(ccc8ccccc87)c6)c5)cc4)cc3)c2)cc1. The molecule has 0 saturated carbocycles. The summed E-state index contributed by atoms with van der Waals surface area (Å²) in [5, 5.41) is 10.2. The average molecular weight is 1050 g/mol. The lowest BCUT2D eigenvalue weighted by atomic mass is 9.93. The van der Waals surface area contributed by atoms with E-state index in [9.17, 15) is 0 Å². The van der Waals surface area contributed by atoms with Crippen LogP contribution in [0, 0.1) is 0 Å². The molecule has 14 rings (SSSR count). The Balaban J connectivity index is 0.00000121. The lowest BCUT2D eigenvalue weighted by Gasteiger charge is -2.26. The van der Waals surface area contributed by atoms with Gasteiger partial charge in [0.15, 0.2) is 0 Å². The van der Waals surface area contributed by atoms with Gasteiger partial charge in [-0.05, 0) is 207 Å². The summed E-state index contributed by atoms with van der Waals surface area (Å²) in [7, 11) is 0. The maximum absolute atomic E-state index is 3.46. The quantitative estimate of drug-likeness (QED) is 0.0922. The van der Waals surface area contributed by atoms with E-state index in [1.807, 2.05) is 19.1 Å². The summed E-state index contributed by atoms with van der Waals surface area (Å²) in [5.41, 5.74) is 19.9. The van der Waals surface area contributed by atoms with Crippen molar-refractivity contribution < 1.29 is 0 Å². The van der Waals surface area contributed by atoms with Crippen molar-refractivity contribution in [1.29, 1.82) is 0 Å². The molecule has 0 aromatic heterocycles. The first kappa shape index (κ1) is 50.9. The Hall–Kier alpha value is -10.6. The van der Waals surface area contributed by atoms with Crippen LogP contribution in [0.4, 0.5) is 17.1 Å². The van der Waals surface area contributed by atoms with Crippen LogP contribution in [0.5, 0.6) is 0 Å². The fourth-order valence-electron chi connectivity index (χ4n) is 11.5. The molecular formula is C81H59N. The Bertz CT molecular complexity index is 4350. The summed E-state index contributed by atoms with van der Waals surface area (Å²) in [6.07, 6.45) is 5.58. The van der Waals surface area contributed by atoms with Crippen LogP contribution < -0.4 is 4.90 Å². The van der Waals surface area contributed by atoms with Crippen molar-refractivity contribution in [2.45, 2.75) is 6.92 Å². The van der Waals surface area contributed by atoms with Crippen LogP contribution >= 0.6 is 0 Å². The molecule has 0 spiro atoms. The van der Waals surface area contributed by atoms with Gasteiger partial charge in [0.1, 0.15) is 0 Å². The van der Waals surface area contributed by atoms with Crippen LogP contribution in [-0.4, -0.2) is 0 Å². The van der Waals surface area contributed by atoms with E-state index < -0.39 is 0 Å². The van der Waals surface area contributed by atoms with Crippen LogP contribution in [0.25, 0.3) is 121 Å². The van der Waals surface area contributed by atoms with E-state index in [-0.39, 0.29) is 0 Å². The van der Waals surface area contributed by atoms with E-state index in [1.165, 1.54) is 115 Å². The molecule has 14 aromatic carbocycles. The van der Waals surface area contributed by atoms with Gasteiger partial charge in [-0.15, -0.1) is 0 Å². The molecule has 0 unspecified atom stereocenters. The van der Waals surface area contributed by atoms with Crippen LogP contribution in [0.3, 0.4) is 0 Å². The van der Waals surface area contributed by atoms with E-state index in [0.29, 0.717) is 0 Å².